The minimum absolute atomic E-state index is 0.223. The number of hydrogen-bond acceptors (Lipinski definition) is 2. The van der Waals surface area contributed by atoms with E-state index in [9.17, 15) is 22.0 Å². The van der Waals surface area contributed by atoms with Crippen molar-refractivity contribution in [2.45, 2.75) is 19.5 Å². The predicted molar refractivity (Wildman–Crippen MR) is 43.6 cm³/mol. The van der Waals surface area contributed by atoms with Gasteiger partial charge in [-0.1, -0.05) is 0 Å². The number of nitrogens with zero attached hydrogens (tertiary/aromatic N) is 2. The Morgan fingerprint density at radius 2 is 1.94 bits per heavy atom. The van der Waals surface area contributed by atoms with Crippen LogP contribution >= 0.6 is 0 Å². The first kappa shape index (κ1) is 12.4. The average molecular weight is 236 g/mol. The summed E-state index contributed by atoms with van der Waals surface area (Å²) in [6, 6.07) is 2.03. The van der Waals surface area contributed by atoms with Gasteiger partial charge >= 0.3 is 6.18 Å². The van der Waals surface area contributed by atoms with Crippen molar-refractivity contribution in [3.05, 3.63) is 28.6 Å². The highest BCUT2D eigenvalue weighted by Crippen LogP contribution is 2.35. The standard InChI is InChI=1S/C9H5F5N2/c1-4-5(3-15)2-6(8(10)11)7(16-4)9(12,13)14/h2,8H,1H3. The second-order valence-corrected chi connectivity index (χ2v) is 2.97. The van der Waals surface area contributed by atoms with Gasteiger partial charge in [0.2, 0.25) is 0 Å². The van der Waals surface area contributed by atoms with Crippen LogP contribution in [0.2, 0.25) is 0 Å². The van der Waals surface area contributed by atoms with Crippen LogP contribution in [0.4, 0.5) is 22.0 Å². The molecule has 1 aromatic rings. The van der Waals surface area contributed by atoms with Crippen molar-refractivity contribution in [3.63, 3.8) is 0 Å². The Bertz CT molecular complexity index is 444. The zero-order valence-corrected chi connectivity index (χ0v) is 7.94. The second-order valence-electron chi connectivity index (χ2n) is 2.97. The Hall–Kier alpha value is -1.71. The molecule has 0 fully saturated rings. The predicted octanol–water partition coefficient (Wildman–Crippen LogP) is 3.22. The van der Waals surface area contributed by atoms with E-state index in [0.717, 1.165) is 6.92 Å². The monoisotopic (exact) mass is 236 g/mol. The maximum atomic E-state index is 12.4. The van der Waals surface area contributed by atoms with Gasteiger partial charge in [-0.15, -0.1) is 0 Å². The molecule has 1 heterocycles. The molecule has 0 aromatic carbocycles. The summed E-state index contributed by atoms with van der Waals surface area (Å²) < 4.78 is 61.7. The Morgan fingerprint density at radius 3 is 2.31 bits per heavy atom. The minimum Gasteiger partial charge on any atom is -0.247 e. The molecule has 0 spiro atoms. The van der Waals surface area contributed by atoms with E-state index in [-0.39, 0.29) is 11.3 Å². The van der Waals surface area contributed by atoms with E-state index in [1.54, 1.807) is 0 Å². The molecule has 1 aromatic heterocycles. The Labute approximate surface area is 87.3 Å². The Morgan fingerprint density at radius 1 is 1.38 bits per heavy atom. The number of aromatic nitrogens is 1. The third-order valence-corrected chi connectivity index (χ3v) is 1.87. The lowest BCUT2D eigenvalue weighted by molar-refractivity contribution is -0.143. The molecule has 0 aliphatic carbocycles. The molecular weight excluding hydrogens is 231 g/mol. The SMILES string of the molecule is Cc1nc(C(F)(F)F)c(C(F)F)cc1C#N. The third-order valence-electron chi connectivity index (χ3n) is 1.87. The van der Waals surface area contributed by atoms with Gasteiger partial charge < -0.3 is 0 Å². The molecular formula is C9H5F5N2. The number of rotatable bonds is 1. The van der Waals surface area contributed by atoms with Crippen LogP contribution in [0.5, 0.6) is 0 Å². The molecule has 0 saturated carbocycles. The van der Waals surface area contributed by atoms with Crippen LogP contribution < -0.4 is 0 Å². The molecule has 0 aliphatic rings. The Kier molecular flexibility index (Phi) is 3.12. The molecule has 86 valence electrons. The topological polar surface area (TPSA) is 36.7 Å². The van der Waals surface area contributed by atoms with Crippen LogP contribution in [0, 0.1) is 18.3 Å². The van der Waals surface area contributed by atoms with Gasteiger partial charge in [0.1, 0.15) is 6.07 Å². The average Bonchev–Trinajstić information content (AvgIpc) is 2.15. The van der Waals surface area contributed by atoms with Crippen molar-refractivity contribution < 1.29 is 22.0 Å². The molecule has 0 N–H and O–H groups in total. The van der Waals surface area contributed by atoms with Gasteiger partial charge in [-0.3, -0.25) is 0 Å². The zero-order valence-electron chi connectivity index (χ0n) is 7.94. The van der Waals surface area contributed by atoms with Crippen LogP contribution in [-0.4, -0.2) is 4.98 Å². The summed E-state index contributed by atoms with van der Waals surface area (Å²) in [5.41, 5.74) is -3.42. The van der Waals surface area contributed by atoms with Crippen molar-refractivity contribution in [2.24, 2.45) is 0 Å². The number of pyridine rings is 1. The number of hydrogen-bond donors (Lipinski definition) is 0. The smallest absolute Gasteiger partial charge is 0.247 e. The molecule has 0 bridgehead atoms. The first-order chi connectivity index (χ1) is 7.27. The van der Waals surface area contributed by atoms with E-state index in [4.69, 9.17) is 5.26 Å². The molecule has 0 atom stereocenters. The number of nitriles is 1. The van der Waals surface area contributed by atoms with E-state index in [2.05, 4.69) is 4.98 Å². The first-order valence-electron chi connectivity index (χ1n) is 4.04. The molecule has 2 nitrogen and oxygen atoms in total. The van der Waals surface area contributed by atoms with E-state index in [1.807, 2.05) is 0 Å². The van der Waals surface area contributed by atoms with Gasteiger partial charge in [0, 0.05) is 5.56 Å². The molecule has 0 aliphatic heterocycles. The summed E-state index contributed by atoms with van der Waals surface area (Å²) in [6.45, 7) is 1.16. The summed E-state index contributed by atoms with van der Waals surface area (Å²) >= 11 is 0. The second kappa shape index (κ2) is 4.04. The van der Waals surface area contributed by atoms with E-state index in [0.29, 0.717) is 6.07 Å². The Balaban J connectivity index is 3.50. The normalized spacial score (nSPS) is 11.6. The van der Waals surface area contributed by atoms with Crippen molar-refractivity contribution >= 4 is 0 Å². The van der Waals surface area contributed by atoms with Gasteiger partial charge in [0.15, 0.2) is 5.69 Å². The van der Waals surface area contributed by atoms with Crippen molar-refractivity contribution in [2.75, 3.05) is 0 Å². The van der Waals surface area contributed by atoms with Crippen LogP contribution in [0.1, 0.15) is 28.9 Å². The van der Waals surface area contributed by atoms with Crippen molar-refractivity contribution in [1.29, 1.82) is 5.26 Å². The molecule has 0 radical (unpaired) electrons. The van der Waals surface area contributed by atoms with Gasteiger partial charge in [0.25, 0.3) is 6.43 Å². The van der Waals surface area contributed by atoms with Crippen molar-refractivity contribution in [3.8, 4) is 6.07 Å². The van der Waals surface area contributed by atoms with Crippen molar-refractivity contribution in [1.82, 2.24) is 4.98 Å². The highest BCUT2D eigenvalue weighted by Gasteiger charge is 2.38. The summed E-state index contributed by atoms with van der Waals surface area (Å²) in [7, 11) is 0. The minimum atomic E-state index is -4.95. The lowest BCUT2D eigenvalue weighted by atomic mass is 10.1. The number of alkyl halides is 5. The quantitative estimate of drug-likeness (QED) is 0.702. The molecule has 7 heteroatoms. The van der Waals surface area contributed by atoms with Gasteiger partial charge in [-0.05, 0) is 13.0 Å². The van der Waals surface area contributed by atoms with Gasteiger partial charge in [-0.2, -0.15) is 18.4 Å². The van der Waals surface area contributed by atoms with E-state index in [1.165, 1.54) is 6.07 Å². The van der Waals surface area contributed by atoms with Gasteiger partial charge in [-0.25, -0.2) is 13.8 Å². The molecule has 16 heavy (non-hydrogen) atoms. The fourth-order valence-corrected chi connectivity index (χ4v) is 1.13. The summed E-state index contributed by atoms with van der Waals surface area (Å²) in [5, 5.41) is 8.50. The zero-order chi connectivity index (χ0) is 12.5. The summed E-state index contributed by atoms with van der Waals surface area (Å²) in [5.74, 6) is 0. The highest BCUT2D eigenvalue weighted by molar-refractivity contribution is 5.39. The summed E-state index contributed by atoms with van der Waals surface area (Å²) in [4.78, 5) is 3.01. The van der Waals surface area contributed by atoms with Gasteiger partial charge in [0.05, 0.1) is 11.3 Å². The maximum Gasteiger partial charge on any atom is 0.433 e. The van der Waals surface area contributed by atoms with Crippen LogP contribution in [-0.2, 0) is 6.18 Å². The highest BCUT2D eigenvalue weighted by atomic mass is 19.4. The lowest BCUT2D eigenvalue weighted by Crippen LogP contribution is -2.14. The molecule has 0 saturated heterocycles. The number of aryl methyl sites for hydroxylation is 1. The van der Waals surface area contributed by atoms with Crippen LogP contribution in [0.25, 0.3) is 0 Å². The maximum absolute atomic E-state index is 12.4. The lowest BCUT2D eigenvalue weighted by Gasteiger charge is -2.12. The number of halogens is 5. The van der Waals surface area contributed by atoms with Crippen LogP contribution in [0.3, 0.4) is 0 Å². The first-order valence-corrected chi connectivity index (χ1v) is 4.04. The molecule has 0 unspecified atom stereocenters. The van der Waals surface area contributed by atoms with E-state index >= 15 is 0 Å². The third kappa shape index (κ3) is 2.27. The fraction of sp³-hybridized carbons (Fsp3) is 0.333. The van der Waals surface area contributed by atoms with E-state index < -0.39 is 23.9 Å². The van der Waals surface area contributed by atoms with Crippen LogP contribution in [0.15, 0.2) is 6.07 Å². The molecule has 0 amide bonds. The largest absolute Gasteiger partial charge is 0.433 e. The fourth-order valence-electron chi connectivity index (χ4n) is 1.13. The summed E-state index contributed by atoms with van der Waals surface area (Å²) in [6.07, 6.45) is -8.28. The molecule has 1 rings (SSSR count).